The largest absolute Gasteiger partial charge is 0.338 e. The van der Waals surface area contributed by atoms with Crippen LogP contribution in [0.1, 0.15) is 13.3 Å². The predicted octanol–water partition coefficient (Wildman–Crippen LogP) is 2.10. The fourth-order valence-corrected chi connectivity index (χ4v) is 2.96. The second-order valence-electron chi connectivity index (χ2n) is 6.22. The number of nitrogens with zero attached hydrogens (tertiary/aromatic N) is 6. The number of hydrogen-bond acceptors (Lipinski definition) is 7. The molecule has 7 nitrogen and oxygen atoms in total. The lowest BCUT2D eigenvalue weighted by Crippen LogP contribution is -2.45. The van der Waals surface area contributed by atoms with Gasteiger partial charge in [0.25, 0.3) is 0 Å². The Labute approximate surface area is 147 Å². The number of halogens is 1. The molecule has 3 heterocycles. The summed E-state index contributed by atoms with van der Waals surface area (Å²) in [4.78, 5) is 18.2. The second kappa shape index (κ2) is 7.46. The Morgan fingerprint density at radius 3 is 2.71 bits per heavy atom. The van der Waals surface area contributed by atoms with Gasteiger partial charge < -0.3 is 15.2 Å². The molecule has 24 heavy (non-hydrogen) atoms. The van der Waals surface area contributed by atoms with Crippen molar-refractivity contribution >= 4 is 34.3 Å². The van der Waals surface area contributed by atoms with Crippen molar-refractivity contribution in [3.05, 3.63) is 17.4 Å². The molecule has 8 heteroatoms. The van der Waals surface area contributed by atoms with Crippen LogP contribution in [0.25, 0.3) is 10.9 Å². The van der Waals surface area contributed by atoms with Crippen LogP contribution in [0, 0.1) is 0 Å². The van der Waals surface area contributed by atoms with Crippen LogP contribution >= 0.6 is 11.6 Å². The van der Waals surface area contributed by atoms with Crippen molar-refractivity contribution in [1.82, 2.24) is 24.9 Å². The molecule has 1 fully saturated rings. The number of aromatic nitrogens is 3. The molecule has 0 bridgehead atoms. The molecule has 0 spiro atoms. The van der Waals surface area contributed by atoms with Crippen molar-refractivity contribution in [3.8, 4) is 0 Å². The van der Waals surface area contributed by atoms with E-state index in [1.807, 2.05) is 18.1 Å². The normalized spacial score (nSPS) is 16.1. The summed E-state index contributed by atoms with van der Waals surface area (Å²) >= 11 is 6.07. The quantitative estimate of drug-likeness (QED) is 0.655. The zero-order chi connectivity index (χ0) is 17.1. The van der Waals surface area contributed by atoms with E-state index < -0.39 is 0 Å². The first-order chi connectivity index (χ1) is 11.6. The first-order valence-corrected chi connectivity index (χ1v) is 8.69. The van der Waals surface area contributed by atoms with E-state index in [0.717, 1.165) is 61.8 Å². The molecule has 0 unspecified atom stereocenters. The number of anilines is 2. The van der Waals surface area contributed by atoms with Crippen molar-refractivity contribution in [2.45, 2.75) is 13.3 Å². The number of nitrogens with one attached hydrogen (secondary N) is 1. The van der Waals surface area contributed by atoms with Crippen molar-refractivity contribution in [2.75, 3.05) is 57.1 Å². The summed E-state index contributed by atoms with van der Waals surface area (Å²) in [6.45, 7) is 6.94. The van der Waals surface area contributed by atoms with Crippen molar-refractivity contribution in [2.24, 2.45) is 0 Å². The summed E-state index contributed by atoms with van der Waals surface area (Å²) in [6.07, 6.45) is 2.77. The minimum absolute atomic E-state index is 0.444. The van der Waals surface area contributed by atoms with Gasteiger partial charge >= 0.3 is 0 Å². The number of rotatable bonds is 5. The molecular formula is C16H24ClN7. The van der Waals surface area contributed by atoms with Crippen molar-refractivity contribution < 1.29 is 0 Å². The smallest absolute Gasteiger partial charge is 0.228 e. The Kier molecular flexibility index (Phi) is 5.33. The molecule has 1 aliphatic heterocycles. The molecule has 3 rings (SSSR count). The van der Waals surface area contributed by atoms with Crippen LogP contribution in [0.2, 0.25) is 5.15 Å². The average molecular weight is 350 g/mol. The summed E-state index contributed by atoms with van der Waals surface area (Å²) in [5.74, 6) is 1.52. The Bertz CT molecular complexity index is 700. The first-order valence-electron chi connectivity index (χ1n) is 8.31. The maximum Gasteiger partial charge on any atom is 0.228 e. The zero-order valence-corrected chi connectivity index (χ0v) is 15.2. The highest BCUT2D eigenvalue weighted by Gasteiger charge is 2.19. The van der Waals surface area contributed by atoms with E-state index in [2.05, 4.69) is 34.2 Å². The lowest BCUT2D eigenvalue weighted by molar-refractivity contribution is 0.311. The maximum atomic E-state index is 6.07. The van der Waals surface area contributed by atoms with Gasteiger partial charge in [-0.05, 0) is 19.5 Å². The SMILES string of the molecule is CCCN(C)Nc1nc(N2CCN(C)CC2)nc2cnc(Cl)cc12. The van der Waals surface area contributed by atoms with Gasteiger partial charge in [-0.15, -0.1) is 0 Å². The third-order valence-electron chi connectivity index (χ3n) is 4.18. The minimum atomic E-state index is 0.444. The average Bonchev–Trinajstić information content (AvgIpc) is 2.56. The van der Waals surface area contributed by atoms with Crippen LogP contribution in [0.3, 0.4) is 0 Å². The van der Waals surface area contributed by atoms with E-state index in [9.17, 15) is 0 Å². The maximum absolute atomic E-state index is 6.07. The number of fused-ring (bicyclic) bond motifs is 1. The van der Waals surface area contributed by atoms with E-state index in [1.54, 1.807) is 6.20 Å². The Hall–Kier alpha value is -1.70. The van der Waals surface area contributed by atoms with Crippen molar-refractivity contribution in [3.63, 3.8) is 0 Å². The highest BCUT2D eigenvalue weighted by Crippen LogP contribution is 2.26. The molecule has 0 aromatic carbocycles. The lowest BCUT2D eigenvalue weighted by Gasteiger charge is -2.32. The Morgan fingerprint density at radius 2 is 2.00 bits per heavy atom. The van der Waals surface area contributed by atoms with Gasteiger partial charge in [0.1, 0.15) is 5.15 Å². The van der Waals surface area contributed by atoms with Crippen LogP contribution in [0.4, 0.5) is 11.8 Å². The highest BCUT2D eigenvalue weighted by molar-refractivity contribution is 6.30. The van der Waals surface area contributed by atoms with E-state index in [4.69, 9.17) is 21.6 Å². The summed E-state index contributed by atoms with van der Waals surface area (Å²) in [5, 5.41) is 3.36. The fourth-order valence-electron chi connectivity index (χ4n) is 2.80. The number of hydrazine groups is 1. The predicted molar refractivity (Wildman–Crippen MR) is 98.6 cm³/mol. The molecule has 0 aliphatic carbocycles. The number of hydrogen-bond donors (Lipinski definition) is 1. The van der Waals surface area contributed by atoms with Crippen molar-refractivity contribution in [1.29, 1.82) is 0 Å². The van der Waals surface area contributed by atoms with E-state index in [0.29, 0.717) is 5.15 Å². The number of pyridine rings is 1. The summed E-state index contributed by atoms with van der Waals surface area (Å²) in [5.41, 5.74) is 4.16. The van der Waals surface area contributed by atoms with Gasteiger partial charge in [0.2, 0.25) is 5.95 Å². The fraction of sp³-hybridized carbons (Fsp3) is 0.562. The van der Waals surface area contributed by atoms with Crippen LogP contribution in [-0.2, 0) is 0 Å². The zero-order valence-electron chi connectivity index (χ0n) is 14.5. The van der Waals surface area contributed by atoms with Crippen LogP contribution < -0.4 is 10.3 Å². The van der Waals surface area contributed by atoms with Crippen LogP contribution in [0.15, 0.2) is 12.3 Å². The second-order valence-corrected chi connectivity index (χ2v) is 6.61. The van der Waals surface area contributed by atoms with Gasteiger partial charge in [-0.25, -0.2) is 15.0 Å². The van der Waals surface area contributed by atoms with Gasteiger partial charge in [0, 0.05) is 45.2 Å². The molecule has 0 saturated carbocycles. The third kappa shape index (κ3) is 3.85. The van der Waals surface area contributed by atoms with Gasteiger partial charge in [0.05, 0.1) is 11.7 Å². The molecule has 0 radical (unpaired) electrons. The summed E-state index contributed by atoms with van der Waals surface area (Å²) < 4.78 is 0. The summed E-state index contributed by atoms with van der Waals surface area (Å²) in [6, 6.07) is 1.81. The van der Waals surface area contributed by atoms with Gasteiger partial charge in [-0.1, -0.05) is 18.5 Å². The molecule has 1 N–H and O–H groups in total. The monoisotopic (exact) mass is 349 g/mol. The van der Waals surface area contributed by atoms with Gasteiger partial charge in [0.15, 0.2) is 5.82 Å². The molecule has 1 saturated heterocycles. The molecule has 2 aromatic heterocycles. The van der Waals surface area contributed by atoms with E-state index >= 15 is 0 Å². The van der Waals surface area contributed by atoms with E-state index in [1.165, 1.54) is 0 Å². The number of likely N-dealkylation sites (N-methyl/N-ethyl adjacent to an activating group) is 1. The molecule has 130 valence electrons. The Morgan fingerprint density at radius 1 is 1.25 bits per heavy atom. The lowest BCUT2D eigenvalue weighted by atomic mass is 10.3. The number of piperazine rings is 1. The minimum Gasteiger partial charge on any atom is -0.338 e. The van der Waals surface area contributed by atoms with Gasteiger partial charge in [-0.3, -0.25) is 0 Å². The first kappa shape index (κ1) is 17.1. The van der Waals surface area contributed by atoms with Crippen LogP contribution in [0.5, 0.6) is 0 Å². The molecule has 0 atom stereocenters. The third-order valence-corrected chi connectivity index (χ3v) is 4.39. The van der Waals surface area contributed by atoms with Gasteiger partial charge in [-0.2, -0.15) is 4.98 Å². The summed E-state index contributed by atoms with van der Waals surface area (Å²) in [7, 11) is 4.15. The Balaban J connectivity index is 1.97. The molecular weight excluding hydrogens is 326 g/mol. The topological polar surface area (TPSA) is 60.4 Å². The molecule has 1 aliphatic rings. The molecule has 2 aromatic rings. The standard InChI is InChI=1S/C16H24ClN7/c1-4-5-23(3)21-15-12-10-14(17)18-11-13(12)19-16(20-15)24-8-6-22(2)7-9-24/h10-11H,4-9H2,1-3H3,(H,19,20,21). The van der Waals surface area contributed by atoms with E-state index in [-0.39, 0.29) is 0 Å². The molecule has 0 amide bonds. The van der Waals surface area contributed by atoms with Crippen LogP contribution in [-0.4, -0.2) is 71.7 Å². The highest BCUT2D eigenvalue weighted by atomic mass is 35.5.